The van der Waals surface area contributed by atoms with Gasteiger partial charge < -0.3 is 20.9 Å². The van der Waals surface area contributed by atoms with Gasteiger partial charge in [-0.15, -0.1) is 0 Å². The Labute approximate surface area is 116 Å². The molecule has 20 heavy (non-hydrogen) atoms. The first-order valence-corrected chi connectivity index (χ1v) is 6.66. The molecule has 3 rings (SSSR count). The molecule has 3 N–H and O–H groups in total. The van der Waals surface area contributed by atoms with Gasteiger partial charge in [0.25, 0.3) is 5.92 Å². The third-order valence-corrected chi connectivity index (χ3v) is 3.81. The lowest BCUT2D eigenvalue weighted by Crippen LogP contribution is -2.56. The van der Waals surface area contributed by atoms with Gasteiger partial charge in [0.15, 0.2) is 0 Å². The van der Waals surface area contributed by atoms with Crippen LogP contribution in [0.15, 0.2) is 6.07 Å². The first-order chi connectivity index (χ1) is 9.47. The van der Waals surface area contributed by atoms with Gasteiger partial charge in [0.2, 0.25) is 5.95 Å². The fourth-order valence-electron chi connectivity index (χ4n) is 2.64. The van der Waals surface area contributed by atoms with Gasteiger partial charge in [-0.05, 0) is 13.5 Å². The standard InChI is InChI=1S/C12H18F2N6/c1-16-8-2-3-19(5-8)9-4-10(18-11(15)17-9)20-6-12(13,14)7-20/h4,8,16H,2-3,5-7H2,1H3,(H2,15,17,18)/t8-/m1/s1. The number of anilines is 3. The maximum atomic E-state index is 12.9. The van der Waals surface area contributed by atoms with Crippen LogP contribution >= 0.6 is 0 Å². The number of aromatic nitrogens is 2. The number of halogens is 2. The van der Waals surface area contributed by atoms with E-state index in [-0.39, 0.29) is 19.0 Å². The second-order valence-electron chi connectivity index (χ2n) is 5.37. The van der Waals surface area contributed by atoms with E-state index >= 15 is 0 Å². The van der Waals surface area contributed by atoms with Crippen molar-refractivity contribution in [3.63, 3.8) is 0 Å². The highest BCUT2D eigenvalue weighted by molar-refractivity contribution is 5.56. The predicted molar refractivity (Wildman–Crippen MR) is 73.3 cm³/mol. The summed E-state index contributed by atoms with van der Waals surface area (Å²) in [4.78, 5) is 11.9. The van der Waals surface area contributed by atoms with E-state index in [9.17, 15) is 8.78 Å². The summed E-state index contributed by atoms with van der Waals surface area (Å²) in [6, 6.07) is 2.16. The fourth-order valence-corrected chi connectivity index (χ4v) is 2.64. The van der Waals surface area contributed by atoms with Crippen LogP contribution in [0.5, 0.6) is 0 Å². The Bertz CT molecular complexity index is 501. The monoisotopic (exact) mass is 284 g/mol. The highest BCUT2D eigenvalue weighted by Gasteiger charge is 2.44. The van der Waals surface area contributed by atoms with Gasteiger partial charge in [0.1, 0.15) is 11.6 Å². The first-order valence-electron chi connectivity index (χ1n) is 6.66. The van der Waals surface area contributed by atoms with Gasteiger partial charge in [-0.2, -0.15) is 9.97 Å². The summed E-state index contributed by atoms with van der Waals surface area (Å²) in [6.45, 7) is 1.10. The van der Waals surface area contributed by atoms with Gasteiger partial charge in [0.05, 0.1) is 13.1 Å². The highest BCUT2D eigenvalue weighted by atomic mass is 19.3. The molecule has 0 bridgehead atoms. The summed E-state index contributed by atoms with van der Waals surface area (Å²) in [6.07, 6.45) is 1.03. The second kappa shape index (κ2) is 4.69. The van der Waals surface area contributed by atoms with Crippen LogP contribution in [0.25, 0.3) is 0 Å². The van der Waals surface area contributed by atoms with Crippen molar-refractivity contribution >= 4 is 17.6 Å². The summed E-state index contributed by atoms with van der Waals surface area (Å²) in [5.74, 6) is -1.31. The molecule has 110 valence electrons. The maximum Gasteiger partial charge on any atom is 0.282 e. The van der Waals surface area contributed by atoms with Crippen LogP contribution in [0.3, 0.4) is 0 Å². The maximum absolute atomic E-state index is 12.9. The molecule has 8 heteroatoms. The van der Waals surface area contributed by atoms with E-state index in [0.29, 0.717) is 17.7 Å². The van der Waals surface area contributed by atoms with E-state index in [2.05, 4.69) is 20.2 Å². The molecule has 3 heterocycles. The highest BCUT2D eigenvalue weighted by Crippen LogP contribution is 2.32. The number of alkyl halides is 2. The summed E-state index contributed by atoms with van der Waals surface area (Å²) in [5, 5.41) is 3.22. The van der Waals surface area contributed by atoms with Gasteiger partial charge in [-0.1, -0.05) is 0 Å². The zero-order valence-corrected chi connectivity index (χ0v) is 11.3. The molecule has 1 aromatic heterocycles. The summed E-state index contributed by atoms with van der Waals surface area (Å²) in [7, 11) is 1.93. The number of likely N-dealkylation sites (N-methyl/N-ethyl adjacent to an activating group) is 1. The van der Waals surface area contributed by atoms with Crippen molar-refractivity contribution in [1.29, 1.82) is 0 Å². The number of rotatable bonds is 3. The molecule has 0 saturated carbocycles. The average Bonchev–Trinajstić information content (AvgIpc) is 2.84. The van der Waals surface area contributed by atoms with Crippen molar-refractivity contribution in [3.05, 3.63) is 6.07 Å². The van der Waals surface area contributed by atoms with Crippen molar-refractivity contribution in [2.24, 2.45) is 0 Å². The molecule has 1 aromatic rings. The Kier molecular flexibility index (Phi) is 3.12. The molecule has 1 atom stereocenters. The third-order valence-electron chi connectivity index (χ3n) is 3.81. The number of nitrogens with one attached hydrogen (secondary N) is 1. The van der Waals surface area contributed by atoms with Crippen LogP contribution in [-0.4, -0.2) is 55.2 Å². The average molecular weight is 284 g/mol. The second-order valence-corrected chi connectivity index (χ2v) is 5.37. The Morgan fingerprint density at radius 3 is 2.50 bits per heavy atom. The van der Waals surface area contributed by atoms with Crippen molar-refractivity contribution in [2.45, 2.75) is 18.4 Å². The van der Waals surface area contributed by atoms with E-state index in [1.807, 2.05) is 7.05 Å². The molecule has 6 nitrogen and oxygen atoms in total. The van der Waals surface area contributed by atoms with Crippen molar-refractivity contribution in [1.82, 2.24) is 15.3 Å². The Hall–Kier alpha value is -1.70. The van der Waals surface area contributed by atoms with E-state index in [1.165, 1.54) is 4.90 Å². The zero-order chi connectivity index (χ0) is 14.3. The minimum Gasteiger partial charge on any atom is -0.368 e. The molecule has 2 aliphatic rings. The van der Waals surface area contributed by atoms with Crippen molar-refractivity contribution in [3.8, 4) is 0 Å². The van der Waals surface area contributed by atoms with Crippen molar-refractivity contribution in [2.75, 3.05) is 48.8 Å². The molecule has 0 aliphatic carbocycles. The van der Waals surface area contributed by atoms with Crippen LogP contribution in [-0.2, 0) is 0 Å². The minimum absolute atomic E-state index is 0.126. The molecule has 2 fully saturated rings. The third kappa shape index (κ3) is 2.47. The molecule has 2 saturated heterocycles. The largest absolute Gasteiger partial charge is 0.368 e. The van der Waals surface area contributed by atoms with E-state index in [0.717, 1.165) is 19.5 Å². The lowest BCUT2D eigenvalue weighted by Gasteiger charge is -2.39. The number of nitrogens with zero attached hydrogens (tertiary/aromatic N) is 4. The molecular formula is C12H18F2N6. The van der Waals surface area contributed by atoms with E-state index in [4.69, 9.17) is 5.73 Å². The number of hydrogen-bond acceptors (Lipinski definition) is 6. The number of nitrogens with two attached hydrogens (primary N) is 1. The van der Waals surface area contributed by atoms with Crippen molar-refractivity contribution < 1.29 is 8.78 Å². The van der Waals surface area contributed by atoms with Crippen LogP contribution in [0.1, 0.15) is 6.42 Å². The van der Waals surface area contributed by atoms with Crippen LogP contribution in [0.2, 0.25) is 0 Å². The summed E-state index contributed by atoms with van der Waals surface area (Å²) in [5.41, 5.74) is 5.70. The topological polar surface area (TPSA) is 70.3 Å². The first kappa shape index (κ1) is 13.3. The smallest absolute Gasteiger partial charge is 0.282 e. The molecule has 0 amide bonds. The van der Waals surface area contributed by atoms with Gasteiger partial charge in [-0.3, -0.25) is 0 Å². The SMILES string of the molecule is CN[C@@H]1CCN(c2cc(N3CC(F)(F)C3)nc(N)n2)C1. The van der Waals surface area contributed by atoms with Crippen LogP contribution < -0.4 is 20.9 Å². The summed E-state index contributed by atoms with van der Waals surface area (Å²) < 4.78 is 25.9. The lowest BCUT2D eigenvalue weighted by molar-refractivity contribution is -0.0267. The zero-order valence-electron chi connectivity index (χ0n) is 11.3. The molecule has 0 radical (unpaired) electrons. The Morgan fingerprint density at radius 1 is 1.30 bits per heavy atom. The lowest BCUT2D eigenvalue weighted by atomic mass is 10.1. The number of hydrogen-bond donors (Lipinski definition) is 2. The Morgan fingerprint density at radius 2 is 1.95 bits per heavy atom. The molecular weight excluding hydrogens is 266 g/mol. The van der Waals surface area contributed by atoms with E-state index in [1.54, 1.807) is 6.07 Å². The van der Waals surface area contributed by atoms with E-state index < -0.39 is 5.92 Å². The normalized spacial score (nSPS) is 24.9. The van der Waals surface area contributed by atoms with Gasteiger partial charge in [-0.25, -0.2) is 8.78 Å². The van der Waals surface area contributed by atoms with Crippen LogP contribution in [0.4, 0.5) is 26.4 Å². The molecule has 0 spiro atoms. The van der Waals surface area contributed by atoms with Crippen LogP contribution in [0, 0.1) is 0 Å². The fraction of sp³-hybridized carbons (Fsp3) is 0.667. The summed E-state index contributed by atoms with van der Waals surface area (Å²) >= 11 is 0. The molecule has 0 unspecified atom stereocenters. The minimum atomic E-state index is -2.62. The van der Waals surface area contributed by atoms with Gasteiger partial charge >= 0.3 is 0 Å². The molecule has 0 aromatic carbocycles. The van der Waals surface area contributed by atoms with Gasteiger partial charge in [0, 0.05) is 25.2 Å². The predicted octanol–water partition coefficient (Wildman–Crippen LogP) is 0.312. The number of nitrogen functional groups attached to an aromatic ring is 1. The molecule has 2 aliphatic heterocycles. The Balaban J connectivity index is 1.77. The quantitative estimate of drug-likeness (QED) is 0.832.